The summed E-state index contributed by atoms with van der Waals surface area (Å²) in [7, 11) is 0. The van der Waals surface area contributed by atoms with E-state index in [0.717, 1.165) is 16.1 Å². The lowest BCUT2D eigenvalue weighted by atomic mass is 10.1. The van der Waals surface area contributed by atoms with Gasteiger partial charge in [-0.2, -0.15) is 0 Å². The second kappa shape index (κ2) is 6.74. The second-order valence-corrected chi connectivity index (χ2v) is 6.51. The highest BCUT2D eigenvalue weighted by molar-refractivity contribution is 7.12. The van der Waals surface area contributed by atoms with Crippen LogP contribution in [0.15, 0.2) is 30.3 Å². The number of thiophene rings is 1. The van der Waals surface area contributed by atoms with Gasteiger partial charge < -0.3 is 16.4 Å². The van der Waals surface area contributed by atoms with Crippen molar-refractivity contribution in [1.82, 2.24) is 5.32 Å². The van der Waals surface area contributed by atoms with Crippen LogP contribution >= 0.6 is 11.3 Å². The molecule has 1 aromatic carbocycles. The van der Waals surface area contributed by atoms with Gasteiger partial charge in [-0.05, 0) is 50.1 Å². The molecule has 0 radical (unpaired) electrons. The van der Waals surface area contributed by atoms with Gasteiger partial charge in [0.2, 0.25) is 0 Å². The number of hydrogen-bond donors (Lipinski definition) is 3. The zero-order valence-electron chi connectivity index (χ0n) is 12.6. The monoisotopic (exact) mass is 303 g/mol. The van der Waals surface area contributed by atoms with Crippen LogP contribution in [-0.4, -0.2) is 6.03 Å². The fourth-order valence-electron chi connectivity index (χ4n) is 1.98. The number of carbonyl (C=O) groups is 1. The van der Waals surface area contributed by atoms with Crippen LogP contribution in [0.1, 0.15) is 33.8 Å². The predicted octanol–water partition coefficient (Wildman–Crippen LogP) is 3.71. The minimum atomic E-state index is -0.208. The van der Waals surface area contributed by atoms with E-state index in [1.165, 1.54) is 10.4 Å². The van der Waals surface area contributed by atoms with E-state index >= 15 is 0 Å². The van der Waals surface area contributed by atoms with Crippen molar-refractivity contribution in [3.05, 3.63) is 51.2 Å². The Labute approximate surface area is 129 Å². The molecule has 0 bridgehead atoms. The van der Waals surface area contributed by atoms with Crippen LogP contribution in [0, 0.1) is 13.8 Å². The number of amides is 2. The number of hydrogen-bond acceptors (Lipinski definition) is 3. The van der Waals surface area contributed by atoms with Gasteiger partial charge in [-0.25, -0.2) is 4.79 Å². The van der Waals surface area contributed by atoms with Crippen molar-refractivity contribution in [2.45, 2.75) is 33.4 Å². The first-order chi connectivity index (χ1) is 9.95. The SMILES string of the molecule is Cc1cc(CNC(=O)Nc2cccc(C(C)N)c2)sc1C. The second-order valence-electron chi connectivity index (χ2n) is 5.17. The van der Waals surface area contributed by atoms with Gasteiger partial charge >= 0.3 is 6.03 Å². The van der Waals surface area contributed by atoms with Gasteiger partial charge in [-0.3, -0.25) is 0 Å². The minimum Gasteiger partial charge on any atom is -0.333 e. The van der Waals surface area contributed by atoms with Gasteiger partial charge in [0.25, 0.3) is 0 Å². The molecule has 1 heterocycles. The Balaban J connectivity index is 1.91. The van der Waals surface area contributed by atoms with E-state index in [9.17, 15) is 4.79 Å². The Morgan fingerprint density at radius 2 is 2.10 bits per heavy atom. The van der Waals surface area contributed by atoms with Gasteiger partial charge in [0.1, 0.15) is 0 Å². The van der Waals surface area contributed by atoms with Crippen molar-refractivity contribution in [3.8, 4) is 0 Å². The number of rotatable bonds is 4. The van der Waals surface area contributed by atoms with Gasteiger partial charge in [-0.15, -0.1) is 11.3 Å². The summed E-state index contributed by atoms with van der Waals surface area (Å²) in [6.45, 7) is 6.62. The molecule has 0 aliphatic rings. The lowest BCUT2D eigenvalue weighted by molar-refractivity contribution is 0.252. The number of nitrogens with one attached hydrogen (secondary N) is 2. The average molecular weight is 303 g/mol. The molecule has 4 N–H and O–H groups in total. The third-order valence-electron chi connectivity index (χ3n) is 3.31. The van der Waals surface area contributed by atoms with E-state index in [1.807, 2.05) is 31.2 Å². The van der Waals surface area contributed by atoms with E-state index < -0.39 is 0 Å². The topological polar surface area (TPSA) is 67.2 Å². The molecule has 1 unspecified atom stereocenters. The number of aryl methyl sites for hydroxylation is 2. The molecular weight excluding hydrogens is 282 g/mol. The number of anilines is 1. The smallest absolute Gasteiger partial charge is 0.319 e. The van der Waals surface area contributed by atoms with E-state index in [1.54, 1.807) is 11.3 Å². The first-order valence-electron chi connectivity index (χ1n) is 6.92. The molecule has 1 aromatic heterocycles. The summed E-state index contributed by atoms with van der Waals surface area (Å²) in [5.74, 6) is 0. The third-order valence-corrected chi connectivity index (χ3v) is 4.46. The van der Waals surface area contributed by atoms with Gasteiger partial charge in [0, 0.05) is 21.5 Å². The van der Waals surface area contributed by atoms with E-state index in [4.69, 9.17) is 5.73 Å². The molecule has 0 aliphatic heterocycles. The molecule has 2 rings (SSSR count). The summed E-state index contributed by atoms with van der Waals surface area (Å²) in [6.07, 6.45) is 0. The van der Waals surface area contributed by atoms with Crippen molar-refractivity contribution in [2.75, 3.05) is 5.32 Å². The van der Waals surface area contributed by atoms with E-state index in [0.29, 0.717) is 6.54 Å². The highest BCUT2D eigenvalue weighted by atomic mass is 32.1. The number of benzene rings is 1. The molecule has 112 valence electrons. The molecule has 2 aromatic rings. The molecule has 0 aliphatic carbocycles. The molecule has 4 nitrogen and oxygen atoms in total. The Bertz CT molecular complexity index is 615. The van der Waals surface area contributed by atoms with Crippen molar-refractivity contribution in [3.63, 3.8) is 0 Å². The molecule has 0 saturated heterocycles. The van der Waals surface area contributed by atoms with Crippen molar-refractivity contribution >= 4 is 23.1 Å². The zero-order valence-corrected chi connectivity index (χ0v) is 13.4. The Kier molecular flexibility index (Phi) is 4.98. The van der Waals surface area contributed by atoms with Crippen LogP contribution in [0.4, 0.5) is 10.5 Å². The van der Waals surface area contributed by atoms with Gasteiger partial charge in [0.05, 0.1) is 6.54 Å². The van der Waals surface area contributed by atoms with Gasteiger partial charge in [-0.1, -0.05) is 12.1 Å². The van der Waals surface area contributed by atoms with Crippen molar-refractivity contribution in [2.24, 2.45) is 5.73 Å². The molecule has 5 heteroatoms. The third kappa shape index (κ3) is 4.31. The molecule has 0 spiro atoms. The van der Waals surface area contributed by atoms with Crippen LogP contribution in [0.2, 0.25) is 0 Å². The van der Waals surface area contributed by atoms with Crippen LogP contribution in [0.25, 0.3) is 0 Å². The summed E-state index contributed by atoms with van der Waals surface area (Å²) in [4.78, 5) is 14.4. The summed E-state index contributed by atoms with van der Waals surface area (Å²) < 4.78 is 0. The largest absolute Gasteiger partial charge is 0.333 e. The van der Waals surface area contributed by atoms with Crippen LogP contribution in [0.3, 0.4) is 0 Å². The molecule has 2 amide bonds. The number of nitrogens with two attached hydrogens (primary N) is 1. The fraction of sp³-hybridized carbons (Fsp3) is 0.312. The molecule has 21 heavy (non-hydrogen) atoms. The van der Waals surface area contributed by atoms with Crippen LogP contribution < -0.4 is 16.4 Å². The molecule has 1 atom stereocenters. The first kappa shape index (κ1) is 15.5. The fourth-order valence-corrected chi connectivity index (χ4v) is 2.97. The number of urea groups is 1. The van der Waals surface area contributed by atoms with E-state index in [2.05, 4.69) is 30.5 Å². The Morgan fingerprint density at radius 1 is 1.33 bits per heavy atom. The average Bonchev–Trinajstić information content (AvgIpc) is 2.76. The first-order valence-corrected chi connectivity index (χ1v) is 7.73. The lowest BCUT2D eigenvalue weighted by Gasteiger charge is -2.10. The normalized spacial score (nSPS) is 12.0. The maximum atomic E-state index is 11.9. The highest BCUT2D eigenvalue weighted by Crippen LogP contribution is 2.20. The van der Waals surface area contributed by atoms with E-state index in [-0.39, 0.29) is 12.1 Å². The summed E-state index contributed by atoms with van der Waals surface area (Å²) >= 11 is 1.71. The zero-order chi connectivity index (χ0) is 15.4. The van der Waals surface area contributed by atoms with Gasteiger partial charge in [0.15, 0.2) is 0 Å². The van der Waals surface area contributed by atoms with Crippen LogP contribution in [0.5, 0.6) is 0 Å². The Morgan fingerprint density at radius 3 is 2.71 bits per heavy atom. The Hall–Kier alpha value is -1.85. The summed E-state index contributed by atoms with van der Waals surface area (Å²) in [6, 6.07) is 9.43. The highest BCUT2D eigenvalue weighted by Gasteiger charge is 2.06. The van der Waals surface area contributed by atoms with Crippen LogP contribution in [-0.2, 0) is 6.54 Å². The summed E-state index contributed by atoms with van der Waals surface area (Å²) in [5.41, 5.74) is 8.85. The molecule has 0 saturated carbocycles. The predicted molar refractivity (Wildman–Crippen MR) is 88.7 cm³/mol. The molecular formula is C16H21N3OS. The van der Waals surface area contributed by atoms with Crippen molar-refractivity contribution < 1.29 is 4.79 Å². The standard InChI is InChI=1S/C16H21N3OS/c1-10-7-15(21-12(10)3)9-18-16(20)19-14-6-4-5-13(8-14)11(2)17/h4-8,11H,9,17H2,1-3H3,(H2,18,19,20). The number of carbonyl (C=O) groups excluding carboxylic acids is 1. The van der Waals surface area contributed by atoms with Crippen molar-refractivity contribution in [1.29, 1.82) is 0 Å². The lowest BCUT2D eigenvalue weighted by Crippen LogP contribution is -2.27. The molecule has 0 fully saturated rings. The maximum Gasteiger partial charge on any atom is 0.319 e. The maximum absolute atomic E-state index is 11.9. The summed E-state index contributed by atoms with van der Waals surface area (Å²) in [5, 5.41) is 5.69. The quantitative estimate of drug-likeness (QED) is 0.806. The minimum absolute atomic E-state index is 0.0492.